The maximum Gasteiger partial charge on any atom is 0.218 e. The summed E-state index contributed by atoms with van der Waals surface area (Å²) in [7, 11) is -3.31. The molecular formula is C13H21N3O2S. The molecule has 6 heteroatoms. The molecule has 19 heavy (non-hydrogen) atoms. The number of hydrogen-bond acceptors (Lipinski definition) is 3. The van der Waals surface area contributed by atoms with Crippen molar-refractivity contribution in [2.24, 2.45) is 5.41 Å². The highest BCUT2D eigenvalue weighted by atomic mass is 32.2. The van der Waals surface area contributed by atoms with Crippen LogP contribution in [0.1, 0.15) is 32.0 Å². The second kappa shape index (κ2) is 4.76. The van der Waals surface area contributed by atoms with Crippen LogP contribution in [0.4, 0.5) is 0 Å². The third kappa shape index (κ3) is 3.25. The van der Waals surface area contributed by atoms with Crippen LogP contribution in [0.15, 0.2) is 18.3 Å². The molecule has 0 atom stereocenters. The van der Waals surface area contributed by atoms with Crippen LogP contribution < -0.4 is 0 Å². The minimum absolute atomic E-state index is 0.0102. The van der Waals surface area contributed by atoms with E-state index in [0.717, 1.165) is 17.7 Å². The molecule has 0 amide bonds. The fraction of sp³-hybridized carbons (Fsp3) is 0.615. The number of hydrogen-bond donors (Lipinski definition) is 1. The van der Waals surface area contributed by atoms with Gasteiger partial charge in [0.05, 0.1) is 11.9 Å². The first-order valence-corrected chi connectivity index (χ1v) is 7.94. The standard InChI is InChI=1S/C13H21N3O2S/c1-10(2)8-19(17,18)16-7-11-6-14-15-12(11)5-13(3,4)9-16/h6H,1,5,7-9H2,2-4H3,(H,14,15). The highest BCUT2D eigenvalue weighted by Gasteiger charge is 2.34. The second-order valence-electron chi connectivity index (χ2n) is 6.20. The third-order valence-corrected chi connectivity index (χ3v) is 5.14. The predicted octanol–water partition coefficient (Wildman–Crippen LogP) is 1.70. The molecule has 0 aromatic carbocycles. The van der Waals surface area contributed by atoms with Gasteiger partial charge >= 0.3 is 0 Å². The lowest BCUT2D eigenvalue weighted by molar-refractivity contribution is 0.265. The summed E-state index contributed by atoms with van der Waals surface area (Å²) in [6.07, 6.45) is 2.53. The second-order valence-corrected chi connectivity index (χ2v) is 8.17. The van der Waals surface area contributed by atoms with E-state index in [1.807, 2.05) is 0 Å². The highest BCUT2D eigenvalue weighted by Crippen LogP contribution is 2.30. The molecule has 2 rings (SSSR count). The number of fused-ring (bicyclic) bond motifs is 1. The van der Waals surface area contributed by atoms with Crippen molar-refractivity contribution in [1.82, 2.24) is 14.5 Å². The van der Waals surface area contributed by atoms with Crippen molar-refractivity contribution < 1.29 is 8.42 Å². The number of nitrogens with one attached hydrogen (secondary N) is 1. The summed E-state index contributed by atoms with van der Waals surface area (Å²) < 4.78 is 26.4. The van der Waals surface area contributed by atoms with Crippen LogP contribution in [0.3, 0.4) is 0 Å². The molecule has 1 aliphatic heterocycles. The van der Waals surface area contributed by atoms with E-state index in [1.54, 1.807) is 17.4 Å². The topological polar surface area (TPSA) is 66.1 Å². The van der Waals surface area contributed by atoms with Gasteiger partial charge in [0.1, 0.15) is 0 Å². The first-order valence-electron chi connectivity index (χ1n) is 6.33. The predicted molar refractivity (Wildman–Crippen MR) is 75.1 cm³/mol. The minimum Gasteiger partial charge on any atom is -0.282 e. The molecule has 0 spiro atoms. The van der Waals surface area contributed by atoms with Crippen molar-refractivity contribution >= 4 is 10.0 Å². The Morgan fingerprint density at radius 2 is 2.26 bits per heavy atom. The van der Waals surface area contributed by atoms with Crippen molar-refractivity contribution in [3.8, 4) is 0 Å². The van der Waals surface area contributed by atoms with E-state index in [4.69, 9.17) is 0 Å². The normalized spacial score (nSPS) is 19.7. The van der Waals surface area contributed by atoms with Crippen molar-refractivity contribution in [2.75, 3.05) is 12.3 Å². The van der Waals surface area contributed by atoms with Gasteiger partial charge in [-0.3, -0.25) is 5.10 Å². The zero-order chi connectivity index (χ0) is 14.3. The van der Waals surface area contributed by atoms with E-state index in [0.29, 0.717) is 18.7 Å². The Balaban J connectivity index is 2.35. The molecular weight excluding hydrogens is 262 g/mol. The molecule has 0 bridgehead atoms. The van der Waals surface area contributed by atoms with Crippen LogP contribution in [0.2, 0.25) is 0 Å². The van der Waals surface area contributed by atoms with Crippen LogP contribution in [0.25, 0.3) is 0 Å². The van der Waals surface area contributed by atoms with Crippen LogP contribution in [-0.4, -0.2) is 35.2 Å². The molecule has 0 fully saturated rings. The van der Waals surface area contributed by atoms with E-state index >= 15 is 0 Å². The monoisotopic (exact) mass is 283 g/mol. The fourth-order valence-electron chi connectivity index (χ4n) is 2.48. The lowest BCUT2D eigenvalue weighted by Crippen LogP contribution is -2.38. The molecule has 5 nitrogen and oxygen atoms in total. The Bertz CT molecular complexity index is 587. The third-order valence-electron chi connectivity index (χ3n) is 3.24. The number of aromatic nitrogens is 2. The number of sulfonamides is 1. The summed E-state index contributed by atoms with van der Waals surface area (Å²) in [5.41, 5.74) is 2.56. The molecule has 1 aliphatic rings. The van der Waals surface area contributed by atoms with Gasteiger partial charge in [-0.1, -0.05) is 26.0 Å². The highest BCUT2D eigenvalue weighted by molar-refractivity contribution is 7.89. The van der Waals surface area contributed by atoms with Crippen molar-refractivity contribution in [1.29, 1.82) is 0 Å². The van der Waals surface area contributed by atoms with Crippen molar-refractivity contribution in [3.63, 3.8) is 0 Å². The molecule has 1 N–H and O–H groups in total. The number of aromatic amines is 1. The summed E-state index contributed by atoms with van der Waals surface area (Å²) >= 11 is 0. The van der Waals surface area contributed by atoms with E-state index in [2.05, 4.69) is 30.6 Å². The van der Waals surface area contributed by atoms with Crippen molar-refractivity contribution in [3.05, 3.63) is 29.6 Å². The van der Waals surface area contributed by atoms with Gasteiger partial charge in [0.15, 0.2) is 0 Å². The van der Waals surface area contributed by atoms with Crippen LogP contribution in [-0.2, 0) is 23.0 Å². The number of nitrogens with zero attached hydrogens (tertiary/aromatic N) is 2. The average Bonchev–Trinajstić information content (AvgIpc) is 2.56. The fourth-order valence-corrected chi connectivity index (χ4v) is 4.17. The van der Waals surface area contributed by atoms with Gasteiger partial charge in [0.2, 0.25) is 10.0 Å². The molecule has 1 aromatic heterocycles. The Morgan fingerprint density at radius 1 is 1.58 bits per heavy atom. The van der Waals surface area contributed by atoms with Gasteiger partial charge < -0.3 is 0 Å². The molecule has 0 saturated heterocycles. The molecule has 0 saturated carbocycles. The zero-order valence-corrected chi connectivity index (χ0v) is 12.5. The quantitative estimate of drug-likeness (QED) is 0.859. The molecule has 1 aromatic rings. The average molecular weight is 283 g/mol. The lowest BCUT2D eigenvalue weighted by Gasteiger charge is -2.29. The van der Waals surface area contributed by atoms with Crippen LogP contribution in [0.5, 0.6) is 0 Å². The molecule has 0 radical (unpaired) electrons. The molecule has 0 unspecified atom stereocenters. The maximum absolute atomic E-state index is 12.4. The van der Waals surface area contributed by atoms with Gasteiger partial charge in [0.25, 0.3) is 0 Å². The molecule has 2 heterocycles. The van der Waals surface area contributed by atoms with E-state index in [1.165, 1.54) is 0 Å². The van der Waals surface area contributed by atoms with E-state index in [9.17, 15) is 8.42 Å². The zero-order valence-electron chi connectivity index (χ0n) is 11.7. The summed E-state index contributed by atoms with van der Waals surface area (Å²) in [6.45, 7) is 10.5. The van der Waals surface area contributed by atoms with E-state index in [-0.39, 0.29) is 11.2 Å². The Kier molecular flexibility index (Phi) is 3.57. The Hall–Kier alpha value is -1.14. The smallest absolute Gasteiger partial charge is 0.218 e. The van der Waals surface area contributed by atoms with Gasteiger partial charge in [-0.15, -0.1) is 0 Å². The van der Waals surface area contributed by atoms with Crippen molar-refractivity contribution in [2.45, 2.75) is 33.7 Å². The number of H-pyrrole nitrogens is 1. The van der Waals surface area contributed by atoms with Gasteiger partial charge in [-0.25, -0.2) is 8.42 Å². The van der Waals surface area contributed by atoms with Crippen LogP contribution in [0, 0.1) is 5.41 Å². The Morgan fingerprint density at radius 3 is 2.89 bits per heavy atom. The van der Waals surface area contributed by atoms with E-state index < -0.39 is 10.0 Å². The summed E-state index contributed by atoms with van der Waals surface area (Å²) in [5.74, 6) is 0.0102. The summed E-state index contributed by atoms with van der Waals surface area (Å²) in [6, 6.07) is 0. The maximum atomic E-state index is 12.4. The Labute approximate surface area is 114 Å². The molecule has 106 valence electrons. The first kappa shape index (κ1) is 14.3. The van der Waals surface area contributed by atoms with Crippen LogP contribution >= 0.6 is 0 Å². The van der Waals surface area contributed by atoms with Gasteiger partial charge in [0, 0.05) is 24.3 Å². The van der Waals surface area contributed by atoms with Gasteiger partial charge in [-0.05, 0) is 18.8 Å². The largest absolute Gasteiger partial charge is 0.282 e. The lowest BCUT2D eigenvalue weighted by atomic mass is 9.88. The molecule has 0 aliphatic carbocycles. The van der Waals surface area contributed by atoms with Gasteiger partial charge in [-0.2, -0.15) is 9.40 Å². The summed E-state index contributed by atoms with van der Waals surface area (Å²) in [4.78, 5) is 0. The number of rotatable bonds is 3. The SMILES string of the molecule is C=C(C)CS(=O)(=O)N1Cc2cn[nH]c2CC(C)(C)C1. The first-order chi connectivity index (χ1) is 8.70. The summed E-state index contributed by atoms with van der Waals surface area (Å²) in [5, 5.41) is 7.00. The minimum atomic E-state index is -3.31.